The Kier molecular flexibility index (Phi) is 6.78. The molecule has 0 atom stereocenters. The van der Waals surface area contributed by atoms with Crippen LogP contribution in [0.3, 0.4) is 0 Å². The number of ether oxygens (including phenoxy) is 1. The van der Waals surface area contributed by atoms with E-state index in [1.807, 2.05) is 60.0 Å². The quantitative estimate of drug-likeness (QED) is 0.327. The van der Waals surface area contributed by atoms with Crippen molar-refractivity contribution in [3.05, 3.63) is 107 Å². The maximum atomic E-state index is 12.3. The lowest BCUT2D eigenvalue weighted by atomic mass is 10.0. The first-order chi connectivity index (χ1) is 15.6. The number of amides is 1. The predicted octanol–water partition coefficient (Wildman–Crippen LogP) is 6.66. The first kappa shape index (κ1) is 21.5. The Labute approximate surface area is 192 Å². The van der Waals surface area contributed by atoms with Gasteiger partial charge in [-0.25, -0.2) is 4.98 Å². The minimum atomic E-state index is -0.212. The molecule has 4 nitrogen and oxygen atoms in total. The molecule has 1 N–H and O–H groups in total. The number of aromatic nitrogens is 1. The van der Waals surface area contributed by atoms with E-state index in [4.69, 9.17) is 4.74 Å². The number of benzene rings is 3. The summed E-state index contributed by atoms with van der Waals surface area (Å²) >= 11 is 1.42. The molecule has 0 saturated heterocycles. The van der Waals surface area contributed by atoms with Crippen molar-refractivity contribution in [2.75, 3.05) is 5.32 Å². The molecule has 0 bridgehead atoms. The van der Waals surface area contributed by atoms with Gasteiger partial charge in [0.15, 0.2) is 5.13 Å². The average Bonchev–Trinajstić information content (AvgIpc) is 3.27. The van der Waals surface area contributed by atoms with E-state index in [1.165, 1.54) is 23.0 Å². The van der Waals surface area contributed by atoms with Crippen molar-refractivity contribution in [3.8, 4) is 17.0 Å². The molecule has 1 amide bonds. The molecule has 1 heterocycles. The van der Waals surface area contributed by atoms with E-state index < -0.39 is 0 Å². The van der Waals surface area contributed by atoms with Gasteiger partial charge in [-0.15, -0.1) is 11.3 Å². The molecular formula is C27H24N2O2S. The van der Waals surface area contributed by atoms with Crippen molar-refractivity contribution in [1.82, 2.24) is 4.98 Å². The SMILES string of the molecule is Cc1ccc(C)c(-c2csc(NC(=O)C=Cc3ccc(OCc4ccccc4)cc3)n2)c1. The molecule has 0 spiro atoms. The highest BCUT2D eigenvalue weighted by atomic mass is 32.1. The summed E-state index contributed by atoms with van der Waals surface area (Å²) < 4.78 is 5.80. The second-order valence-electron chi connectivity index (χ2n) is 7.52. The monoisotopic (exact) mass is 440 g/mol. The van der Waals surface area contributed by atoms with Crippen LogP contribution in [0.15, 0.2) is 84.3 Å². The van der Waals surface area contributed by atoms with Crippen molar-refractivity contribution in [3.63, 3.8) is 0 Å². The molecule has 3 aromatic carbocycles. The lowest BCUT2D eigenvalue weighted by Gasteiger charge is -2.06. The van der Waals surface area contributed by atoms with E-state index in [0.29, 0.717) is 11.7 Å². The maximum Gasteiger partial charge on any atom is 0.250 e. The molecule has 0 unspecified atom stereocenters. The largest absolute Gasteiger partial charge is 0.489 e. The molecule has 160 valence electrons. The standard InChI is InChI=1S/C27H24N2O2S/c1-19-8-9-20(2)24(16-19)25-18-32-27(28-25)29-26(30)15-12-21-10-13-23(14-11-21)31-17-22-6-4-3-5-7-22/h3-16,18H,17H2,1-2H3,(H,28,29,30). The smallest absolute Gasteiger partial charge is 0.250 e. The van der Waals surface area contributed by atoms with Crippen LogP contribution in [0.5, 0.6) is 5.75 Å². The van der Waals surface area contributed by atoms with Crippen LogP contribution in [0.2, 0.25) is 0 Å². The lowest BCUT2D eigenvalue weighted by Crippen LogP contribution is -2.07. The Bertz CT molecular complexity index is 1230. The summed E-state index contributed by atoms with van der Waals surface area (Å²) in [6, 6.07) is 24.0. The van der Waals surface area contributed by atoms with Gasteiger partial charge in [0.1, 0.15) is 12.4 Å². The second kappa shape index (κ2) is 10.1. The minimum Gasteiger partial charge on any atom is -0.489 e. The van der Waals surface area contributed by atoms with E-state index >= 15 is 0 Å². The van der Waals surface area contributed by atoms with Crippen molar-refractivity contribution in [2.24, 2.45) is 0 Å². The zero-order valence-electron chi connectivity index (χ0n) is 18.0. The number of hydrogen-bond acceptors (Lipinski definition) is 4. The van der Waals surface area contributed by atoms with Crippen LogP contribution < -0.4 is 10.1 Å². The van der Waals surface area contributed by atoms with Crippen LogP contribution in [-0.2, 0) is 11.4 Å². The molecule has 0 aliphatic carbocycles. The summed E-state index contributed by atoms with van der Waals surface area (Å²) in [6.45, 7) is 4.65. The Morgan fingerprint density at radius 2 is 1.81 bits per heavy atom. The van der Waals surface area contributed by atoms with Gasteiger partial charge in [0.05, 0.1) is 5.69 Å². The summed E-state index contributed by atoms with van der Waals surface area (Å²) in [7, 11) is 0. The molecule has 0 radical (unpaired) electrons. The lowest BCUT2D eigenvalue weighted by molar-refractivity contribution is -0.111. The van der Waals surface area contributed by atoms with Crippen molar-refractivity contribution in [1.29, 1.82) is 0 Å². The van der Waals surface area contributed by atoms with Gasteiger partial charge in [-0.1, -0.05) is 60.2 Å². The van der Waals surface area contributed by atoms with E-state index in [-0.39, 0.29) is 5.91 Å². The molecule has 0 aliphatic rings. The van der Waals surface area contributed by atoms with Gasteiger partial charge in [-0.2, -0.15) is 0 Å². The highest BCUT2D eigenvalue weighted by Gasteiger charge is 2.09. The normalized spacial score (nSPS) is 10.9. The second-order valence-corrected chi connectivity index (χ2v) is 8.38. The number of nitrogens with zero attached hydrogens (tertiary/aromatic N) is 1. The highest BCUT2D eigenvalue weighted by Crippen LogP contribution is 2.28. The van der Waals surface area contributed by atoms with Crippen LogP contribution >= 0.6 is 11.3 Å². The fourth-order valence-corrected chi connectivity index (χ4v) is 3.92. The van der Waals surface area contributed by atoms with Crippen LogP contribution in [0, 0.1) is 13.8 Å². The number of anilines is 1. The van der Waals surface area contributed by atoms with Gasteiger partial charge >= 0.3 is 0 Å². The predicted molar refractivity (Wildman–Crippen MR) is 132 cm³/mol. The summed E-state index contributed by atoms with van der Waals surface area (Å²) in [4.78, 5) is 16.9. The van der Waals surface area contributed by atoms with Crippen LogP contribution in [0.1, 0.15) is 22.3 Å². The molecule has 4 rings (SSSR count). The first-order valence-electron chi connectivity index (χ1n) is 10.4. The Morgan fingerprint density at radius 3 is 2.59 bits per heavy atom. The Hall–Kier alpha value is -3.70. The van der Waals surface area contributed by atoms with E-state index in [2.05, 4.69) is 42.3 Å². The number of rotatable bonds is 7. The minimum absolute atomic E-state index is 0.212. The fourth-order valence-electron chi connectivity index (χ4n) is 3.20. The summed E-state index contributed by atoms with van der Waals surface area (Å²) in [5.41, 5.74) is 6.35. The molecule has 32 heavy (non-hydrogen) atoms. The number of carbonyl (C=O) groups excluding carboxylic acids is 1. The summed E-state index contributed by atoms with van der Waals surface area (Å²) in [6.07, 6.45) is 3.29. The number of thiazole rings is 1. The van der Waals surface area contributed by atoms with Gasteiger partial charge in [0, 0.05) is 17.0 Å². The van der Waals surface area contributed by atoms with Crippen molar-refractivity contribution >= 4 is 28.5 Å². The van der Waals surface area contributed by atoms with Gasteiger partial charge < -0.3 is 4.74 Å². The van der Waals surface area contributed by atoms with Gasteiger partial charge in [0.25, 0.3) is 0 Å². The van der Waals surface area contributed by atoms with E-state index in [9.17, 15) is 4.79 Å². The Balaban J connectivity index is 1.32. The van der Waals surface area contributed by atoms with Crippen molar-refractivity contribution in [2.45, 2.75) is 20.5 Å². The van der Waals surface area contributed by atoms with Crippen LogP contribution in [0.4, 0.5) is 5.13 Å². The number of carbonyl (C=O) groups is 1. The van der Waals surface area contributed by atoms with E-state index in [0.717, 1.165) is 33.7 Å². The third-order valence-corrected chi connectivity index (χ3v) is 5.72. The molecular weight excluding hydrogens is 416 g/mol. The fraction of sp³-hybridized carbons (Fsp3) is 0.111. The summed E-state index contributed by atoms with van der Waals surface area (Å²) in [5.74, 6) is 0.577. The third-order valence-electron chi connectivity index (χ3n) is 4.96. The molecule has 1 aromatic heterocycles. The highest BCUT2D eigenvalue weighted by molar-refractivity contribution is 7.14. The van der Waals surface area contributed by atoms with Crippen molar-refractivity contribution < 1.29 is 9.53 Å². The number of nitrogens with one attached hydrogen (secondary N) is 1. The Morgan fingerprint density at radius 1 is 1.03 bits per heavy atom. The summed E-state index contributed by atoms with van der Waals surface area (Å²) in [5, 5.41) is 5.39. The third kappa shape index (κ3) is 5.71. The average molecular weight is 441 g/mol. The molecule has 4 aromatic rings. The first-order valence-corrected chi connectivity index (χ1v) is 11.2. The zero-order chi connectivity index (χ0) is 22.3. The molecule has 0 fully saturated rings. The molecule has 0 aliphatic heterocycles. The van der Waals surface area contributed by atoms with Crippen LogP contribution in [-0.4, -0.2) is 10.9 Å². The van der Waals surface area contributed by atoms with E-state index in [1.54, 1.807) is 6.08 Å². The molecule has 5 heteroatoms. The zero-order valence-corrected chi connectivity index (χ0v) is 18.9. The number of hydrogen-bond donors (Lipinski definition) is 1. The maximum absolute atomic E-state index is 12.3. The molecule has 0 saturated carbocycles. The van der Waals surface area contributed by atoms with Crippen LogP contribution in [0.25, 0.3) is 17.3 Å². The number of aryl methyl sites for hydroxylation is 2. The van der Waals surface area contributed by atoms with Gasteiger partial charge in [-0.3, -0.25) is 10.1 Å². The topological polar surface area (TPSA) is 51.2 Å². The van der Waals surface area contributed by atoms with Gasteiger partial charge in [-0.05, 0) is 54.8 Å². The van der Waals surface area contributed by atoms with Gasteiger partial charge in [0.2, 0.25) is 5.91 Å².